The maximum Gasteiger partial charge on any atom is 0.425 e. The first-order chi connectivity index (χ1) is 12.4. The summed E-state index contributed by atoms with van der Waals surface area (Å²) in [6, 6.07) is 0. The summed E-state index contributed by atoms with van der Waals surface area (Å²) >= 11 is 0. The van der Waals surface area contributed by atoms with E-state index in [0.29, 0.717) is 25.7 Å². The molecule has 0 N–H and O–H groups in total. The molecule has 0 aromatic carbocycles. The van der Waals surface area contributed by atoms with Crippen LogP contribution in [0.1, 0.15) is 91.9 Å². The third-order valence-electron chi connectivity index (χ3n) is 4.52. The standard InChI is InChI=1S/C20H34O6/c1-5-9-11-13-15(7-3)17(21)25-19(23)20(24)26-18(22)16(8-4)14-12-10-6-2/h15-16H,5-14H2,1-4H3. The quantitative estimate of drug-likeness (QED) is 0.220. The molecule has 0 saturated heterocycles. The number of unbranched alkanes of at least 4 members (excludes halogenated alkanes) is 4. The Morgan fingerprint density at radius 1 is 0.615 bits per heavy atom. The van der Waals surface area contributed by atoms with Crippen LogP contribution in [0.5, 0.6) is 0 Å². The third-order valence-corrected chi connectivity index (χ3v) is 4.52. The van der Waals surface area contributed by atoms with Gasteiger partial charge < -0.3 is 9.47 Å². The van der Waals surface area contributed by atoms with Crippen molar-refractivity contribution in [3.8, 4) is 0 Å². The molecule has 0 fully saturated rings. The summed E-state index contributed by atoms with van der Waals surface area (Å²) in [6.07, 6.45) is 8.02. The van der Waals surface area contributed by atoms with Crippen molar-refractivity contribution in [1.82, 2.24) is 0 Å². The SMILES string of the molecule is CCCCCC(CC)C(=O)OC(=O)C(=O)OC(=O)C(CC)CCCCC. The van der Waals surface area contributed by atoms with E-state index in [9.17, 15) is 19.2 Å². The first kappa shape index (κ1) is 24.3. The molecule has 0 aliphatic carbocycles. The Morgan fingerprint density at radius 3 is 1.23 bits per heavy atom. The Balaban J connectivity index is 4.49. The average Bonchev–Trinajstić information content (AvgIpc) is 2.62. The molecule has 0 rings (SSSR count). The molecule has 0 aliphatic rings. The zero-order valence-corrected chi connectivity index (χ0v) is 16.7. The van der Waals surface area contributed by atoms with Gasteiger partial charge in [-0.05, 0) is 25.7 Å². The molecule has 0 amide bonds. The molecule has 26 heavy (non-hydrogen) atoms. The van der Waals surface area contributed by atoms with Gasteiger partial charge in [-0.2, -0.15) is 0 Å². The van der Waals surface area contributed by atoms with Crippen molar-refractivity contribution in [2.45, 2.75) is 91.9 Å². The second-order valence-corrected chi connectivity index (χ2v) is 6.62. The number of carbonyl (C=O) groups is 4. The van der Waals surface area contributed by atoms with Gasteiger partial charge in [0.25, 0.3) is 0 Å². The Kier molecular flexibility index (Phi) is 13.5. The van der Waals surface area contributed by atoms with Crippen LogP contribution in [0, 0.1) is 11.8 Å². The zero-order chi connectivity index (χ0) is 19.9. The molecule has 0 heterocycles. The number of rotatable bonds is 12. The maximum atomic E-state index is 12.0. The molecule has 150 valence electrons. The minimum absolute atomic E-state index is 0.425. The highest BCUT2D eigenvalue weighted by atomic mass is 16.6. The van der Waals surface area contributed by atoms with Gasteiger partial charge in [0.1, 0.15) is 0 Å². The van der Waals surface area contributed by atoms with E-state index < -0.39 is 35.7 Å². The Hall–Kier alpha value is -1.72. The van der Waals surface area contributed by atoms with Gasteiger partial charge in [-0.15, -0.1) is 0 Å². The van der Waals surface area contributed by atoms with E-state index in [2.05, 4.69) is 23.3 Å². The van der Waals surface area contributed by atoms with E-state index in [1.807, 2.05) is 13.8 Å². The van der Waals surface area contributed by atoms with Crippen LogP contribution in [0.4, 0.5) is 0 Å². The van der Waals surface area contributed by atoms with Gasteiger partial charge in [0, 0.05) is 0 Å². The number of esters is 4. The summed E-state index contributed by atoms with van der Waals surface area (Å²) in [7, 11) is 0. The molecule has 2 atom stereocenters. The van der Waals surface area contributed by atoms with E-state index in [1.54, 1.807) is 0 Å². The van der Waals surface area contributed by atoms with Gasteiger partial charge in [0.05, 0.1) is 11.8 Å². The summed E-state index contributed by atoms with van der Waals surface area (Å²) in [5.74, 6) is -5.14. The first-order valence-electron chi connectivity index (χ1n) is 9.92. The minimum atomic E-state index is -1.42. The summed E-state index contributed by atoms with van der Waals surface area (Å²) < 4.78 is 9.21. The second kappa shape index (κ2) is 14.4. The van der Waals surface area contributed by atoms with Crippen molar-refractivity contribution in [3.05, 3.63) is 0 Å². The molecule has 0 aliphatic heterocycles. The van der Waals surface area contributed by atoms with Gasteiger partial charge in [-0.1, -0.05) is 66.2 Å². The Labute approximate surface area is 157 Å². The number of ether oxygens (including phenoxy) is 2. The lowest BCUT2D eigenvalue weighted by atomic mass is 9.99. The van der Waals surface area contributed by atoms with Gasteiger partial charge in [-0.25, -0.2) is 9.59 Å². The molecule has 0 radical (unpaired) electrons. The Bertz CT molecular complexity index is 415. The van der Waals surface area contributed by atoms with E-state index in [-0.39, 0.29) is 0 Å². The van der Waals surface area contributed by atoms with Crippen molar-refractivity contribution in [3.63, 3.8) is 0 Å². The lowest BCUT2D eigenvalue weighted by Crippen LogP contribution is -2.30. The predicted octanol–water partition coefficient (Wildman–Crippen LogP) is 4.34. The monoisotopic (exact) mass is 370 g/mol. The molecule has 6 heteroatoms. The van der Waals surface area contributed by atoms with Crippen LogP contribution in [-0.2, 0) is 28.7 Å². The summed E-state index contributed by atoms with van der Waals surface area (Å²) in [5.41, 5.74) is 0. The van der Waals surface area contributed by atoms with Crippen molar-refractivity contribution >= 4 is 23.9 Å². The zero-order valence-electron chi connectivity index (χ0n) is 16.7. The largest absolute Gasteiger partial charge is 0.425 e. The van der Waals surface area contributed by atoms with Crippen LogP contribution in [0.25, 0.3) is 0 Å². The molecule has 6 nitrogen and oxygen atoms in total. The highest BCUT2D eigenvalue weighted by Crippen LogP contribution is 2.17. The highest BCUT2D eigenvalue weighted by Gasteiger charge is 2.29. The fourth-order valence-corrected chi connectivity index (χ4v) is 2.69. The lowest BCUT2D eigenvalue weighted by molar-refractivity contribution is -0.180. The molecule has 0 aromatic heterocycles. The summed E-state index contributed by atoms with van der Waals surface area (Å²) in [5, 5.41) is 0. The molecular weight excluding hydrogens is 336 g/mol. The van der Waals surface area contributed by atoms with Crippen LogP contribution in [-0.4, -0.2) is 23.9 Å². The molecule has 0 aromatic rings. The lowest BCUT2D eigenvalue weighted by Gasteiger charge is -2.14. The van der Waals surface area contributed by atoms with Crippen LogP contribution in [0.15, 0.2) is 0 Å². The molecular formula is C20H34O6. The van der Waals surface area contributed by atoms with Crippen molar-refractivity contribution in [1.29, 1.82) is 0 Å². The number of carbonyl (C=O) groups excluding carboxylic acids is 4. The fraction of sp³-hybridized carbons (Fsp3) is 0.800. The topological polar surface area (TPSA) is 86.7 Å². The van der Waals surface area contributed by atoms with Crippen LogP contribution in [0.3, 0.4) is 0 Å². The highest BCUT2D eigenvalue weighted by molar-refractivity contribution is 6.33. The molecule has 0 bridgehead atoms. The van der Waals surface area contributed by atoms with Crippen LogP contribution < -0.4 is 0 Å². The summed E-state index contributed by atoms with van der Waals surface area (Å²) in [6.45, 7) is 7.77. The van der Waals surface area contributed by atoms with Gasteiger partial charge in [0.2, 0.25) is 0 Å². The van der Waals surface area contributed by atoms with Gasteiger partial charge in [0.15, 0.2) is 0 Å². The molecule has 0 saturated carbocycles. The van der Waals surface area contributed by atoms with E-state index in [4.69, 9.17) is 0 Å². The van der Waals surface area contributed by atoms with Gasteiger partial charge >= 0.3 is 23.9 Å². The molecule has 2 unspecified atom stereocenters. The van der Waals surface area contributed by atoms with Crippen molar-refractivity contribution in [2.24, 2.45) is 11.8 Å². The van der Waals surface area contributed by atoms with Crippen LogP contribution >= 0.6 is 0 Å². The minimum Gasteiger partial charge on any atom is -0.384 e. The van der Waals surface area contributed by atoms with Crippen molar-refractivity contribution in [2.75, 3.05) is 0 Å². The van der Waals surface area contributed by atoms with E-state index >= 15 is 0 Å². The third kappa shape index (κ3) is 9.68. The Morgan fingerprint density at radius 2 is 0.962 bits per heavy atom. The summed E-state index contributed by atoms with van der Waals surface area (Å²) in [4.78, 5) is 47.5. The van der Waals surface area contributed by atoms with Gasteiger partial charge in [-0.3, -0.25) is 9.59 Å². The van der Waals surface area contributed by atoms with E-state index in [0.717, 1.165) is 38.5 Å². The van der Waals surface area contributed by atoms with Crippen LogP contribution in [0.2, 0.25) is 0 Å². The van der Waals surface area contributed by atoms with E-state index in [1.165, 1.54) is 0 Å². The normalized spacial score (nSPS) is 12.9. The van der Waals surface area contributed by atoms with Crippen molar-refractivity contribution < 1.29 is 28.7 Å². The maximum absolute atomic E-state index is 12.0. The first-order valence-corrected chi connectivity index (χ1v) is 9.92. The number of hydrogen-bond acceptors (Lipinski definition) is 6. The number of hydrogen-bond donors (Lipinski definition) is 0. The predicted molar refractivity (Wildman–Crippen MR) is 98.0 cm³/mol. The molecule has 0 spiro atoms. The fourth-order valence-electron chi connectivity index (χ4n) is 2.69. The average molecular weight is 370 g/mol. The smallest absolute Gasteiger partial charge is 0.384 e. The second-order valence-electron chi connectivity index (χ2n) is 6.62.